The summed E-state index contributed by atoms with van der Waals surface area (Å²) in [4.78, 5) is 29.4. The summed E-state index contributed by atoms with van der Waals surface area (Å²) in [5.41, 5.74) is 0.821. The maximum atomic E-state index is 13.5. The van der Waals surface area contributed by atoms with E-state index in [4.69, 9.17) is 0 Å². The quantitative estimate of drug-likeness (QED) is 0.494. The largest absolute Gasteiger partial charge is 0.370 e. The number of hydrogen-bond acceptors (Lipinski definition) is 4. The Morgan fingerprint density at radius 1 is 1.03 bits per heavy atom. The van der Waals surface area contributed by atoms with Crippen LogP contribution in [-0.4, -0.2) is 60.3 Å². The lowest BCUT2D eigenvalue weighted by atomic mass is 9.82. The second-order valence-corrected chi connectivity index (χ2v) is 10.1. The van der Waals surface area contributed by atoms with E-state index in [0.29, 0.717) is 0 Å². The summed E-state index contributed by atoms with van der Waals surface area (Å²) < 4.78 is 0. The Kier molecular flexibility index (Phi) is 10.5. The first kappa shape index (κ1) is 28.4. The molecule has 0 bridgehead atoms. The van der Waals surface area contributed by atoms with Crippen LogP contribution in [0.4, 0.5) is 0 Å². The van der Waals surface area contributed by atoms with Crippen LogP contribution in [0.5, 0.6) is 0 Å². The molecule has 0 aliphatic rings. The summed E-state index contributed by atoms with van der Waals surface area (Å²) >= 11 is 0. The highest BCUT2D eigenvalue weighted by molar-refractivity contribution is 5.92. The number of Topliss-reactive ketones (excluding diaryl/α,β-unsaturated/α-hetero) is 1. The number of hydrogen-bond donors (Lipinski definition) is 1. The Hall–Kier alpha value is -1.62. The highest BCUT2D eigenvalue weighted by Gasteiger charge is 2.41. The van der Waals surface area contributed by atoms with E-state index in [9.17, 15) is 9.59 Å². The molecule has 0 rings (SSSR count). The van der Waals surface area contributed by atoms with Crippen molar-refractivity contribution >= 4 is 11.7 Å². The van der Waals surface area contributed by atoms with E-state index in [0.717, 1.165) is 24.1 Å². The van der Waals surface area contributed by atoms with Crippen molar-refractivity contribution in [2.45, 2.75) is 92.8 Å². The molecule has 0 aromatic rings. The van der Waals surface area contributed by atoms with Gasteiger partial charge in [0.2, 0.25) is 5.91 Å². The first-order chi connectivity index (χ1) is 13.6. The first-order valence-electron chi connectivity index (χ1n) is 11.2. The number of rotatable bonds is 11. The highest BCUT2D eigenvalue weighted by atomic mass is 16.2. The Balaban J connectivity index is 6.05. The molecule has 0 saturated carbocycles. The normalized spacial score (nSPS) is 15.2. The lowest BCUT2D eigenvalue weighted by Gasteiger charge is -2.44. The van der Waals surface area contributed by atoms with Crippen LogP contribution < -0.4 is 5.32 Å². The molecular formula is C25H47N3O2. The molecule has 30 heavy (non-hydrogen) atoms. The average Bonchev–Trinajstić information content (AvgIpc) is 2.62. The van der Waals surface area contributed by atoms with Gasteiger partial charge in [-0.15, -0.1) is 0 Å². The predicted molar refractivity (Wildman–Crippen MR) is 128 cm³/mol. The van der Waals surface area contributed by atoms with Gasteiger partial charge in [0, 0.05) is 18.8 Å². The molecule has 0 aromatic carbocycles. The second-order valence-electron chi connectivity index (χ2n) is 10.1. The maximum Gasteiger partial charge on any atom is 0.241 e. The number of nitrogens with zero attached hydrogens (tertiary/aromatic N) is 2. The molecule has 2 atom stereocenters. The lowest BCUT2D eigenvalue weighted by Crippen LogP contribution is -2.60. The molecular weight excluding hydrogens is 374 g/mol. The minimum atomic E-state index is -0.551. The SMILES string of the molecule is C=C([C@@H](NC(=O)C(CC)(CC)N(C)C)C(C)(C)C)N(C)[C@H](/C=C(\C)C(C)=O)C(C)C. The zero-order valence-corrected chi connectivity index (χ0v) is 21.6. The zero-order valence-electron chi connectivity index (χ0n) is 21.6. The third-order valence-corrected chi connectivity index (χ3v) is 6.48. The summed E-state index contributed by atoms with van der Waals surface area (Å²) in [6.45, 7) is 22.6. The van der Waals surface area contributed by atoms with Gasteiger partial charge in [-0.05, 0) is 57.7 Å². The van der Waals surface area contributed by atoms with Crippen LogP contribution in [0.2, 0.25) is 0 Å². The molecule has 5 nitrogen and oxygen atoms in total. The molecule has 1 amide bonds. The third kappa shape index (κ3) is 6.69. The lowest BCUT2D eigenvalue weighted by molar-refractivity contribution is -0.134. The fourth-order valence-electron chi connectivity index (χ4n) is 3.99. The van der Waals surface area contributed by atoms with Crippen molar-refractivity contribution in [3.05, 3.63) is 23.9 Å². The Bertz CT molecular complexity index is 637. The van der Waals surface area contributed by atoms with E-state index in [2.05, 4.69) is 65.3 Å². The van der Waals surface area contributed by atoms with Gasteiger partial charge in [0.25, 0.3) is 0 Å². The van der Waals surface area contributed by atoms with Crippen LogP contribution in [0.1, 0.15) is 75.2 Å². The molecule has 0 fully saturated rings. The molecule has 174 valence electrons. The van der Waals surface area contributed by atoms with Gasteiger partial charge in [0.15, 0.2) is 5.78 Å². The van der Waals surface area contributed by atoms with Crippen LogP contribution in [0, 0.1) is 11.3 Å². The number of likely N-dealkylation sites (N-methyl/N-ethyl adjacent to an activating group) is 2. The van der Waals surface area contributed by atoms with Crippen LogP contribution in [-0.2, 0) is 9.59 Å². The summed E-state index contributed by atoms with van der Waals surface area (Å²) in [5, 5.41) is 3.32. The minimum absolute atomic E-state index is 0.0131. The van der Waals surface area contributed by atoms with E-state index < -0.39 is 5.54 Å². The Morgan fingerprint density at radius 2 is 1.50 bits per heavy atom. The van der Waals surface area contributed by atoms with E-state index in [-0.39, 0.29) is 35.1 Å². The Labute approximate surface area is 186 Å². The van der Waals surface area contributed by atoms with Gasteiger partial charge in [-0.1, -0.05) is 61.1 Å². The smallest absolute Gasteiger partial charge is 0.241 e. The standard InChI is InChI=1S/C25H47N3O2/c1-14-25(15-2,27(11)12)23(30)26-22(24(8,9)10)19(6)28(13)21(17(3)4)16-18(5)20(7)29/h16-17,21-22H,6,14-15H2,1-5,7-13H3,(H,26,30)/b18-16+/t21-,22-/m1/s1. The Morgan fingerprint density at radius 3 is 1.80 bits per heavy atom. The molecule has 0 aliphatic carbocycles. The van der Waals surface area contributed by atoms with Crippen LogP contribution in [0.15, 0.2) is 23.9 Å². The average molecular weight is 422 g/mol. The fraction of sp³-hybridized carbons (Fsp3) is 0.760. The maximum absolute atomic E-state index is 13.5. The number of amides is 1. The molecule has 0 unspecified atom stereocenters. The van der Waals surface area contributed by atoms with Crippen molar-refractivity contribution in [3.63, 3.8) is 0 Å². The van der Waals surface area contributed by atoms with Gasteiger partial charge in [0.1, 0.15) is 0 Å². The number of carbonyl (C=O) groups excluding carboxylic acids is 2. The molecule has 0 saturated heterocycles. The highest BCUT2D eigenvalue weighted by Crippen LogP contribution is 2.30. The van der Waals surface area contributed by atoms with Crippen LogP contribution >= 0.6 is 0 Å². The topological polar surface area (TPSA) is 52.7 Å². The number of carbonyl (C=O) groups is 2. The zero-order chi connectivity index (χ0) is 24.0. The number of allylic oxidation sites excluding steroid dienone is 1. The van der Waals surface area contributed by atoms with Gasteiger partial charge >= 0.3 is 0 Å². The van der Waals surface area contributed by atoms with E-state index in [1.807, 2.05) is 39.0 Å². The van der Waals surface area contributed by atoms with Crippen molar-refractivity contribution in [3.8, 4) is 0 Å². The fourth-order valence-corrected chi connectivity index (χ4v) is 3.99. The van der Waals surface area contributed by atoms with Crippen molar-refractivity contribution in [1.82, 2.24) is 15.1 Å². The molecule has 0 heterocycles. The first-order valence-corrected chi connectivity index (χ1v) is 11.2. The van der Waals surface area contributed by atoms with Gasteiger partial charge in [-0.3, -0.25) is 14.5 Å². The number of ketones is 1. The molecule has 0 aromatic heterocycles. The summed E-state index contributed by atoms with van der Waals surface area (Å²) in [5.74, 6) is 0.384. The third-order valence-electron chi connectivity index (χ3n) is 6.48. The van der Waals surface area contributed by atoms with Crippen LogP contribution in [0.25, 0.3) is 0 Å². The van der Waals surface area contributed by atoms with Crippen LogP contribution in [0.3, 0.4) is 0 Å². The second kappa shape index (κ2) is 11.1. The van der Waals surface area contributed by atoms with Gasteiger partial charge in [0.05, 0.1) is 11.6 Å². The van der Waals surface area contributed by atoms with Gasteiger partial charge in [-0.2, -0.15) is 0 Å². The molecule has 0 radical (unpaired) electrons. The van der Waals surface area contributed by atoms with Crippen molar-refractivity contribution in [2.24, 2.45) is 11.3 Å². The molecule has 0 aliphatic heterocycles. The monoisotopic (exact) mass is 421 g/mol. The van der Waals surface area contributed by atoms with Crippen molar-refractivity contribution in [1.29, 1.82) is 0 Å². The molecule has 0 spiro atoms. The molecule has 5 heteroatoms. The van der Waals surface area contributed by atoms with Gasteiger partial charge < -0.3 is 10.2 Å². The van der Waals surface area contributed by atoms with E-state index >= 15 is 0 Å². The van der Waals surface area contributed by atoms with E-state index in [1.54, 1.807) is 6.92 Å². The number of nitrogens with one attached hydrogen (secondary N) is 1. The van der Waals surface area contributed by atoms with E-state index in [1.165, 1.54) is 0 Å². The summed E-state index contributed by atoms with van der Waals surface area (Å²) in [6.07, 6.45) is 3.48. The minimum Gasteiger partial charge on any atom is -0.370 e. The predicted octanol–water partition coefficient (Wildman–Crippen LogP) is 4.64. The molecule has 1 N–H and O–H groups in total. The van der Waals surface area contributed by atoms with Gasteiger partial charge in [-0.25, -0.2) is 0 Å². The van der Waals surface area contributed by atoms with Crippen molar-refractivity contribution in [2.75, 3.05) is 21.1 Å². The van der Waals surface area contributed by atoms with Crippen molar-refractivity contribution < 1.29 is 9.59 Å². The summed E-state index contributed by atoms with van der Waals surface area (Å²) in [6, 6.07) is -0.223. The summed E-state index contributed by atoms with van der Waals surface area (Å²) in [7, 11) is 5.92.